The number of Topliss-reactive ketones (excluding diaryl/α,β-unsaturated/α-hetero) is 1. The summed E-state index contributed by atoms with van der Waals surface area (Å²) in [7, 11) is 0. The van der Waals surface area contributed by atoms with Crippen molar-refractivity contribution < 1.29 is 24.5 Å². The van der Waals surface area contributed by atoms with Gasteiger partial charge in [0.25, 0.3) is 0 Å². The van der Waals surface area contributed by atoms with Crippen LogP contribution in [0.4, 0.5) is 0 Å². The Morgan fingerprint density at radius 2 is 1.93 bits per heavy atom. The number of aliphatic hydroxyl groups excluding tert-OH is 1. The Bertz CT molecular complexity index is 930. The number of rotatable bonds is 3. The van der Waals surface area contributed by atoms with E-state index in [-0.39, 0.29) is 23.2 Å². The van der Waals surface area contributed by atoms with Crippen molar-refractivity contribution in [2.45, 2.75) is 44.5 Å². The number of esters is 1. The molecule has 2 N–H and O–H groups in total. The molecule has 1 aromatic rings. The summed E-state index contributed by atoms with van der Waals surface area (Å²) in [6, 6.07) is 9.45. The fourth-order valence-electron chi connectivity index (χ4n) is 5.14. The molecule has 0 spiro atoms. The molecule has 5 nitrogen and oxygen atoms in total. The summed E-state index contributed by atoms with van der Waals surface area (Å²) >= 11 is 0. The predicted molar refractivity (Wildman–Crippen MR) is 109 cm³/mol. The lowest BCUT2D eigenvalue weighted by molar-refractivity contribution is -0.166. The number of ether oxygens (including phenoxy) is 1. The topological polar surface area (TPSA) is 83.8 Å². The standard InChI is InChI=1S/C24H26O5/c1-14-9-11-17-15(2)22(27)29-21(17)23(3)20(26)18(13-24(14,23)28)19(25)12-10-16-7-5-4-6-8-16/h4-8,10,12-14,17,19,21,25,28H,2,9,11H2,1,3H3/b12-10+/t14-,17-,19?,21+,23-,24+/m0/s1. The van der Waals surface area contributed by atoms with E-state index in [0.717, 1.165) is 5.56 Å². The maximum absolute atomic E-state index is 13.5. The van der Waals surface area contributed by atoms with Gasteiger partial charge in [-0.05, 0) is 37.3 Å². The van der Waals surface area contributed by atoms with Gasteiger partial charge in [-0.1, -0.05) is 56.0 Å². The molecular formula is C24H26O5. The third-order valence-corrected chi connectivity index (χ3v) is 7.07. The molecule has 0 bridgehead atoms. The van der Waals surface area contributed by atoms with Crippen LogP contribution < -0.4 is 0 Å². The van der Waals surface area contributed by atoms with E-state index in [1.54, 1.807) is 19.1 Å². The average molecular weight is 394 g/mol. The highest BCUT2D eigenvalue weighted by Gasteiger charge is 2.68. The van der Waals surface area contributed by atoms with Gasteiger partial charge in [0.15, 0.2) is 5.78 Å². The van der Waals surface area contributed by atoms with Gasteiger partial charge >= 0.3 is 5.97 Å². The number of fused-ring (bicyclic) bond motifs is 3. The molecule has 2 fully saturated rings. The van der Waals surface area contributed by atoms with E-state index in [4.69, 9.17) is 4.74 Å². The number of hydrogen-bond donors (Lipinski definition) is 2. The number of carbonyl (C=O) groups excluding carboxylic acids is 2. The van der Waals surface area contributed by atoms with Gasteiger partial charge in [-0.2, -0.15) is 0 Å². The largest absolute Gasteiger partial charge is 0.457 e. The third kappa shape index (κ3) is 2.75. The van der Waals surface area contributed by atoms with E-state index in [1.165, 1.54) is 6.08 Å². The van der Waals surface area contributed by atoms with Crippen molar-refractivity contribution in [2.75, 3.05) is 0 Å². The molecule has 2 aliphatic carbocycles. The average Bonchev–Trinajstić information content (AvgIpc) is 3.09. The molecule has 3 aliphatic rings. The summed E-state index contributed by atoms with van der Waals surface area (Å²) in [5.41, 5.74) is -1.47. The Morgan fingerprint density at radius 3 is 2.62 bits per heavy atom. The van der Waals surface area contributed by atoms with E-state index in [1.807, 2.05) is 37.3 Å². The summed E-state index contributed by atoms with van der Waals surface area (Å²) in [4.78, 5) is 25.7. The molecule has 1 heterocycles. The van der Waals surface area contributed by atoms with Gasteiger partial charge < -0.3 is 14.9 Å². The van der Waals surface area contributed by atoms with Gasteiger partial charge in [0, 0.05) is 17.1 Å². The Morgan fingerprint density at radius 1 is 1.24 bits per heavy atom. The minimum absolute atomic E-state index is 0.142. The van der Waals surface area contributed by atoms with Crippen molar-refractivity contribution in [3.05, 3.63) is 65.8 Å². The van der Waals surface area contributed by atoms with Crippen LogP contribution in [0.25, 0.3) is 6.08 Å². The second-order valence-electron chi connectivity index (χ2n) is 8.61. The van der Waals surface area contributed by atoms with Gasteiger partial charge in [0.1, 0.15) is 23.2 Å². The molecule has 0 radical (unpaired) electrons. The summed E-state index contributed by atoms with van der Waals surface area (Å²) in [6.45, 7) is 7.39. The van der Waals surface area contributed by atoms with Crippen molar-refractivity contribution >= 4 is 17.8 Å². The quantitative estimate of drug-likeness (QED) is 0.608. The number of benzene rings is 1. The monoisotopic (exact) mass is 394 g/mol. The predicted octanol–water partition coefficient (Wildman–Crippen LogP) is 2.83. The Kier molecular flexibility index (Phi) is 4.63. The Hall–Kier alpha value is -2.50. The molecule has 0 amide bonds. The van der Waals surface area contributed by atoms with Gasteiger partial charge in [-0.15, -0.1) is 0 Å². The smallest absolute Gasteiger partial charge is 0.334 e. The Labute approximate surface area is 170 Å². The first-order valence-electron chi connectivity index (χ1n) is 10.0. The molecule has 1 aromatic carbocycles. The minimum Gasteiger partial charge on any atom is -0.457 e. The van der Waals surface area contributed by atoms with Crippen LogP contribution in [0.15, 0.2) is 60.2 Å². The van der Waals surface area contributed by atoms with Crippen molar-refractivity contribution in [2.24, 2.45) is 17.3 Å². The Balaban J connectivity index is 1.72. The normalized spacial score (nSPS) is 37.7. The second-order valence-corrected chi connectivity index (χ2v) is 8.61. The van der Waals surface area contributed by atoms with Crippen LogP contribution in [-0.2, 0) is 14.3 Å². The molecule has 0 aromatic heterocycles. The molecule has 1 saturated heterocycles. The number of carbonyl (C=O) groups is 2. The van der Waals surface area contributed by atoms with E-state index in [2.05, 4.69) is 6.58 Å². The van der Waals surface area contributed by atoms with Crippen molar-refractivity contribution in [1.82, 2.24) is 0 Å². The third-order valence-electron chi connectivity index (χ3n) is 7.07. The van der Waals surface area contributed by atoms with E-state index in [0.29, 0.717) is 18.4 Å². The molecule has 152 valence electrons. The summed E-state index contributed by atoms with van der Waals surface area (Å²) in [6.07, 6.45) is 4.07. The fourth-order valence-corrected chi connectivity index (χ4v) is 5.14. The van der Waals surface area contributed by atoms with Crippen LogP contribution in [0, 0.1) is 17.3 Å². The summed E-state index contributed by atoms with van der Waals surface area (Å²) in [5.74, 6) is -1.44. The summed E-state index contributed by atoms with van der Waals surface area (Å²) in [5, 5.41) is 22.4. The zero-order valence-electron chi connectivity index (χ0n) is 16.7. The minimum atomic E-state index is -1.51. The molecule has 4 rings (SSSR count). The highest BCUT2D eigenvalue weighted by molar-refractivity contribution is 6.06. The van der Waals surface area contributed by atoms with Crippen LogP contribution >= 0.6 is 0 Å². The summed E-state index contributed by atoms with van der Waals surface area (Å²) < 4.78 is 5.56. The maximum atomic E-state index is 13.5. The van der Waals surface area contributed by atoms with E-state index >= 15 is 0 Å². The number of ketones is 1. The lowest BCUT2D eigenvalue weighted by Crippen LogP contribution is -2.57. The maximum Gasteiger partial charge on any atom is 0.334 e. The highest BCUT2D eigenvalue weighted by Crippen LogP contribution is 2.58. The number of hydrogen-bond acceptors (Lipinski definition) is 5. The van der Waals surface area contributed by atoms with Crippen LogP contribution in [0.1, 0.15) is 32.3 Å². The van der Waals surface area contributed by atoms with Gasteiger partial charge in [-0.3, -0.25) is 4.79 Å². The molecule has 1 saturated carbocycles. The molecule has 29 heavy (non-hydrogen) atoms. The molecule has 1 unspecified atom stereocenters. The zero-order valence-corrected chi connectivity index (χ0v) is 16.7. The van der Waals surface area contributed by atoms with Gasteiger partial charge in [0.2, 0.25) is 0 Å². The van der Waals surface area contributed by atoms with Crippen molar-refractivity contribution in [1.29, 1.82) is 0 Å². The van der Waals surface area contributed by atoms with Crippen LogP contribution in [0.3, 0.4) is 0 Å². The SMILES string of the molecule is C=C1C(=O)O[C@@H]2[C@H]1CC[C@H](C)[C@]1(O)C=C(C(O)/C=C/c3ccccc3)C(=O)[C@@]21C. The van der Waals surface area contributed by atoms with E-state index < -0.39 is 29.2 Å². The first kappa shape index (κ1) is 19.8. The molecule has 5 heteroatoms. The molecule has 1 aliphatic heterocycles. The zero-order chi connectivity index (χ0) is 21.0. The number of aliphatic hydroxyl groups is 2. The van der Waals surface area contributed by atoms with Gasteiger partial charge in [0.05, 0.1) is 0 Å². The van der Waals surface area contributed by atoms with Crippen LogP contribution in [-0.4, -0.2) is 39.8 Å². The van der Waals surface area contributed by atoms with Crippen molar-refractivity contribution in [3.8, 4) is 0 Å². The highest BCUT2D eigenvalue weighted by atomic mass is 16.6. The van der Waals surface area contributed by atoms with Crippen LogP contribution in [0.2, 0.25) is 0 Å². The molecular weight excluding hydrogens is 368 g/mol. The lowest BCUT2D eigenvalue weighted by Gasteiger charge is -2.43. The second kappa shape index (κ2) is 6.78. The fraction of sp³-hybridized carbons (Fsp3) is 0.417. The lowest BCUT2D eigenvalue weighted by atomic mass is 9.64. The van der Waals surface area contributed by atoms with Crippen molar-refractivity contribution in [3.63, 3.8) is 0 Å². The first-order valence-corrected chi connectivity index (χ1v) is 10.0. The molecule has 6 atom stereocenters. The van der Waals surface area contributed by atoms with Crippen LogP contribution in [0.5, 0.6) is 0 Å². The first-order chi connectivity index (χ1) is 13.7. The van der Waals surface area contributed by atoms with E-state index in [9.17, 15) is 19.8 Å². The van der Waals surface area contributed by atoms with Gasteiger partial charge in [-0.25, -0.2) is 4.79 Å².